The van der Waals surface area contributed by atoms with Gasteiger partial charge in [-0.1, -0.05) is 0 Å². The van der Waals surface area contributed by atoms with E-state index in [2.05, 4.69) is 0 Å². The summed E-state index contributed by atoms with van der Waals surface area (Å²) in [6.07, 6.45) is -1.80. The summed E-state index contributed by atoms with van der Waals surface area (Å²) in [5, 5.41) is 10.8. The number of Topliss-reactive ketones (excluding diaryl/α,β-unsaturated/α-hetero) is 1. The molecule has 1 rings (SSSR count). The van der Waals surface area contributed by atoms with Crippen LogP contribution in [0.25, 0.3) is 0 Å². The fraction of sp³-hybridized carbons (Fsp3) is 0.800. The first-order chi connectivity index (χ1) is 7.70. The van der Waals surface area contributed by atoms with Crippen molar-refractivity contribution in [3.05, 3.63) is 10.1 Å². The molecular weight excluding hydrogens is 228 g/mol. The molecule has 0 aliphatic carbocycles. The lowest BCUT2D eigenvalue weighted by molar-refractivity contribution is -0.548. The molecule has 0 saturated carbocycles. The van der Waals surface area contributed by atoms with Crippen LogP contribution >= 0.6 is 0 Å². The third kappa shape index (κ3) is 3.69. The fourth-order valence-corrected chi connectivity index (χ4v) is 1.55. The first kappa shape index (κ1) is 13.4. The number of hydrogen-bond donors (Lipinski definition) is 0. The number of rotatable bonds is 1. The SMILES string of the molecule is CC(C)(C)OC(=O)N1CC(=O)CCC1[N+](=O)[O-]. The van der Waals surface area contributed by atoms with Gasteiger partial charge in [0.1, 0.15) is 5.60 Å². The van der Waals surface area contributed by atoms with Crippen molar-refractivity contribution in [2.45, 2.75) is 45.4 Å². The number of nitro groups is 1. The third-order valence-corrected chi connectivity index (χ3v) is 2.26. The van der Waals surface area contributed by atoms with Gasteiger partial charge in [-0.3, -0.25) is 14.9 Å². The van der Waals surface area contributed by atoms with E-state index in [1.165, 1.54) is 0 Å². The van der Waals surface area contributed by atoms with Crippen molar-refractivity contribution >= 4 is 11.9 Å². The summed E-state index contributed by atoms with van der Waals surface area (Å²) in [6, 6.07) is 0. The predicted molar refractivity (Wildman–Crippen MR) is 58.0 cm³/mol. The highest BCUT2D eigenvalue weighted by Gasteiger charge is 2.40. The van der Waals surface area contributed by atoms with Crippen LogP contribution in [-0.2, 0) is 9.53 Å². The molecule has 1 amide bonds. The number of carbonyl (C=O) groups is 2. The van der Waals surface area contributed by atoms with Gasteiger partial charge in [-0.05, 0) is 20.8 Å². The number of likely N-dealkylation sites (tertiary alicyclic amines) is 1. The molecule has 96 valence electrons. The third-order valence-electron chi connectivity index (χ3n) is 2.26. The Morgan fingerprint density at radius 2 is 2.12 bits per heavy atom. The van der Waals surface area contributed by atoms with Crippen LogP contribution in [0, 0.1) is 10.1 Å². The lowest BCUT2D eigenvalue weighted by Gasteiger charge is -2.30. The van der Waals surface area contributed by atoms with Crippen LogP contribution in [0.3, 0.4) is 0 Å². The van der Waals surface area contributed by atoms with Crippen molar-refractivity contribution in [1.29, 1.82) is 0 Å². The molecule has 1 heterocycles. The topological polar surface area (TPSA) is 89.8 Å². The number of ether oxygens (including phenoxy) is 1. The molecular formula is C10H16N2O5. The average molecular weight is 244 g/mol. The highest BCUT2D eigenvalue weighted by molar-refractivity contribution is 5.85. The molecule has 1 atom stereocenters. The molecule has 0 bridgehead atoms. The Hall–Kier alpha value is -1.66. The number of carbonyl (C=O) groups excluding carboxylic acids is 2. The van der Waals surface area contributed by atoms with Crippen molar-refractivity contribution in [2.75, 3.05) is 6.54 Å². The molecule has 1 fully saturated rings. The van der Waals surface area contributed by atoms with E-state index in [4.69, 9.17) is 4.74 Å². The van der Waals surface area contributed by atoms with Gasteiger partial charge in [-0.25, -0.2) is 9.69 Å². The second kappa shape index (κ2) is 4.68. The lowest BCUT2D eigenvalue weighted by Crippen LogP contribution is -2.52. The summed E-state index contributed by atoms with van der Waals surface area (Å²) >= 11 is 0. The lowest BCUT2D eigenvalue weighted by atomic mass is 10.1. The molecule has 1 unspecified atom stereocenters. The highest BCUT2D eigenvalue weighted by Crippen LogP contribution is 2.19. The highest BCUT2D eigenvalue weighted by atomic mass is 16.6. The Balaban J connectivity index is 2.79. The Morgan fingerprint density at radius 1 is 1.53 bits per heavy atom. The normalized spacial score (nSPS) is 21.2. The van der Waals surface area contributed by atoms with E-state index in [1.54, 1.807) is 20.8 Å². The number of amides is 1. The Labute approximate surface area is 98.9 Å². The minimum atomic E-state index is -1.16. The van der Waals surface area contributed by atoms with Gasteiger partial charge in [0.05, 0.1) is 6.54 Å². The number of ketones is 1. The molecule has 1 saturated heterocycles. The average Bonchev–Trinajstić information content (AvgIpc) is 2.14. The quantitative estimate of drug-likeness (QED) is 0.510. The maximum Gasteiger partial charge on any atom is 0.415 e. The summed E-state index contributed by atoms with van der Waals surface area (Å²) in [7, 11) is 0. The zero-order chi connectivity index (χ0) is 13.2. The van der Waals surface area contributed by atoms with Crippen LogP contribution in [-0.4, -0.2) is 40.0 Å². The largest absolute Gasteiger partial charge is 0.444 e. The minimum Gasteiger partial charge on any atom is -0.444 e. The first-order valence-electron chi connectivity index (χ1n) is 5.35. The number of nitrogens with zero attached hydrogens (tertiary/aromatic N) is 2. The van der Waals surface area contributed by atoms with E-state index in [-0.39, 0.29) is 25.2 Å². The summed E-state index contributed by atoms with van der Waals surface area (Å²) in [4.78, 5) is 34.1. The van der Waals surface area contributed by atoms with Crippen LogP contribution in [0.5, 0.6) is 0 Å². The Bertz CT molecular complexity index is 347. The van der Waals surface area contributed by atoms with E-state index >= 15 is 0 Å². The maximum atomic E-state index is 11.7. The van der Waals surface area contributed by atoms with Gasteiger partial charge in [-0.2, -0.15) is 0 Å². The minimum absolute atomic E-state index is 0.0467. The van der Waals surface area contributed by atoms with Crippen molar-refractivity contribution in [1.82, 2.24) is 4.90 Å². The molecule has 7 heteroatoms. The molecule has 0 aromatic heterocycles. The summed E-state index contributed by atoms with van der Waals surface area (Å²) < 4.78 is 5.04. The molecule has 1 aliphatic rings. The van der Waals surface area contributed by atoms with Gasteiger partial charge in [-0.15, -0.1) is 0 Å². The van der Waals surface area contributed by atoms with Gasteiger partial charge in [0.2, 0.25) is 0 Å². The number of piperidine rings is 1. The van der Waals surface area contributed by atoms with Crippen molar-refractivity contribution in [2.24, 2.45) is 0 Å². The molecule has 0 aromatic rings. The van der Waals surface area contributed by atoms with E-state index in [0.717, 1.165) is 4.90 Å². The van der Waals surface area contributed by atoms with E-state index in [1.807, 2.05) is 0 Å². The molecule has 0 radical (unpaired) electrons. The van der Waals surface area contributed by atoms with Crippen LogP contribution in [0.4, 0.5) is 4.79 Å². The van der Waals surface area contributed by atoms with E-state index < -0.39 is 22.8 Å². The van der Waals surface area contributed by atoms with Gasteiger partial charge in [0.25, 0.3) is 6.17 Å². The maximum absolute atomic E-state index is 11.7. The van der Waals surface area contributed by atoms with Gasteiger partial charge in [0, 0.05) is 17.8 Å². The Kier molecular flexibility index (Phi) is 3.69. The van der Waals surface area contributed by atoms with E-state index in [9.17, 15) is 19.7 Å². The van der Waals surface area contributed by atoms with Crippen molar-refractivity contribution in [3.63, 3.8) is 0 Å². The Morgan fingerprint density at radius 3 is 2.59 bits per heavy atom. The molecule has 0 aromatic carbocycles. The summed E-state index contributed by atoms with van der Waals surface area (Å²) in [6.45, 7) is 4.74. The first-order valence-corrected chi connectivity index (χ1v) is 5.35. The van der Waals surface area contributed by atoms with Gasteiger partial charge < -0.3 is 4.74 Å². The van der Waals surface area contributed by atoms with Crippen molar-refractivity contribution in [3.8, 4) is 0 Å². The van der Waals surface area contributed by atoms with Crippen LogP contribution in [0.15, 0.2) is 0 Å². The zero-order valence-electron chi connectivity index (χ0n) is 10.1. The molecule has 1 aliphatic heterocycles. The van der Waals surface area contributed by atoms with E-state index in [0.29, 0.717) is 0 Å². The predicted octanol–water partition coefficient (Wildman–Crippen LogP) is 1.19. The standard InChI is InChI=1S/C10H16N2O5/c1-10(2,3)17-9(14)11-6-7(13)4-5-8(11)12(15)16/h8H,4-6H2,1-3H3. The van der Waals surface area contributed by atoms with Gasteiger partial charge in [0.15, 0.2) is 5.78 Å². The molecule has 17 heavy (non-hydrogen) atoms. The second-order valence-corrected chi connectivity index (χ2v) is 4.95. The second-order valence-electron chi connectivity index (χ2n) is 4.95. The fourth-order valence-electron chi connectivity index (χ4n) is 1.55. The summed E-state index contributed by atoms with van der Waals surface area (Å²) in [5.41, 5.74) is -0.737. The van der Waals surface area contributed by atoms with Crippen LogP contribution < -0.4 is 0 Å². The van der Waals surface area contributed by atoms with Crippen LogP contribution in [0.1, 0.15) is 33.6 Å². The van der Waals surface area contributed by atoms with Crippen molar-refractivity contribution < 1.29 is 19.2 Å². The van der Waals surface area contributed by atoms with Crippen LogP contribution in [0.2, 0.25) is 0 Å². The molecule has 0 N–H and O–H groups in total. The smallest absolute Gasteiger partial charge is 0.415 e. The monoisotopic (exact) mass is 244 g/mol. The zero-order valence-corrected chi connectivity index (χ0v) is 10.1. The number of hydrogen-bond acceptors (Lipinski definition) is 5. The molecule has 0 spiro atoms. The summed E-state index contributed by atoms with van der Waals surface area (Å²) in [5.74, 6) is -0.186. The molecule has 7 nitrogen and oxygen atoms in total. The van der Waals surface area contributed by atoms with Gasteiger partial charge >= 0.3 is 6.09 Å².